The maximum Gasteiger partial charge on any atom is 0.241 e. The van der Waals surface area contributed by atoms with E-state index in [2.05, 4.69) is 22.2 Å². The zero-order valence-corrected chi connectivity index (χ0v) is 17.7. The third-order valence-corrected chi connectivity index (χ3v) is 6.27. The SMILES string of the molecule is CC(=O)Nc1ccc(S(=O)(=O)N[C@H](CCCc2ccccc2)c2ccccc2)cc1. The molecule has 0 saturated carbocycles. The molecule has 0 unspecified atom stereocenters. The van der Waals surface area contributed by atoms with Gasteiger partial charge in [0.2, 0.25) is 15.9 Å². The number of aryl methyl sites for hydroxylation is 1. The summed E-state index contributed by atoms with van der Waals surface area (Å²) in [5, 5.41) is 2.64. The highest BCUT2D eigenvalue weighted by Gasteiger charge is 2.21. The number of carbonyl (C=O) groups excluding carboxylic acids is 1. The molecule has 0 aliphatic rings. The first kappa shape index (κ1) is 21.7. The Morgan fingerprint density at radius 2 is 1.47 bits per heavy atom. The monoisotopic (exact) mass is 422 g/mol. The predicted octanol–water partition coefficient (Wildman–Crippen LogP) is 4.69. The zero-order valence-electron chi connectivity index (χ0n) is 16.9. The van der Waals surface area contributed by atoms with Gasteiger partial charge in [0.15, 0.2) is 0 Å². The van der Waals surface area contributed by atoms with Gasteiger partial charge >= 0.3 is 0 Å². The number of hydrogen-bond donors (Lipinski definition) is 2. The summed E-state index contributed by atoms with van der Waals surface area (Å²) >= 11 is 0. The standard InChI is InChI=1S/C24H26N2O3S/c1-19(27)25-22-15-17-23(18-16-22)30(28,29)26-24(21-12-6-3-7-13-21)14-8-11-20-9-4-2-5-10-20/h2-7,9-10,12-13,15-18,24,26H,8,11,14H2,1H3,(H,25,27)/t24-/m1/s1. The molecule has 0 heterocycles. The molecule has 30 heavy (non-hydrogen) atoms. The van der Waals surface area contributed by atoms with Crippen molar-refractivity contribution in [2.24, 2.45) is 0 Å². The predicted molar refractivity (Wildman–Crippen MR) is 120 cm³/mol. The largest absolute Gasteiger partial charge is 0.326 e. The van der Waals surface area contributed by atoms with Crippen molar-refractivity contribution in [1.29, 1.82) is 0 Å². The maximum absolute atomic E-state index is 13.0. The molecule has 0 fully saturated rings. The van der Waals surface area contributed by atoms with E-state index >= 15 is 0 Å². The molecule has 3 aromatic rings. The van der Waals surface area contributed by atoms with Gasteiger partial charge in [0.1, 0.15) is 0 Å². The van der Waals surface area contributed by atoms with Gasteiger partial charge in [0, 0.05) is 18.7 Å². The Morgan fingerprint density at radius 1 is 0.867 bits per heavy atom. The minimum absolute atomic E-state index is 0.167. The second-order valence-electron chi connectivity index (χ2n) is 7.17. The second kappa shape index (κ2) is 10.2. The van der Waals surface area contributed by atoms with Crippen LogP contribution in [0.15, 0.2) is 89.8 Å². The lowest BCUT2D eigenvalue weighted by Crippen LogP contribution is -2.29. The minimum atomic E-state index is -3.71. The fraction of sp³-hybridized carbons (Fsp3) is 0.208. The van der Waals surface area contributed by atoms with Crippen LogP contribution >= 0.6 is 0 Å². The topological polar surface area (TPSA) is 75.3 Å². The van der Waals surface area contributed by atoms with Crippen LogP contribution < -0.4 is 10.0 Å². The highest BCUT2D eigenvalue weighted by atomic mass is 32.2. The molecule has 0 aliphatic heterocycles. The number of benzene rings is 3. The van der Waals surface area contributed by atoms with Crippen LogP contribution in [0.2, 0.25) is 0 Å². The Morgan fingerprint density at radius 3 is 2.07 bits per heavy atom. The van der Waals surface area contributed by atoms with Crippen molar-refractivity contribution in [2.45, 2.75) is 37.1 Å². The first-order valence-corrected chi connectivity index (χ1v) is 11.4. The van der Waals surface area contributed by atoms with Crippen LogP contribution in [0.3, 0.4) is 0 Å². The van der Waals surface area contributed by atoms with Gasteiger partial charge in [-0.15, -0.1) is 0 Å². The summed E-state index contributed by atoms with van der Waals surface area (Å²) in [5.74, 6) is -0.203. The van der Waals surface area contributed by atoms with E-state index in [0.29, 0.717) is 12.1 Å². The van der Waals surface area contributed by atoms with E-state index < -0.39 is 10.0 Å². The number of hydrogen-bond acceptors (Lipinski definition) is 3. The number of rotatable bonds is 9. The molecule has 0 spiro atoms. The van der Waals surface area contributed by atoms with E-state index in [-0.39, 0.29) is 16.8 Å². The Labute approximate surface area is 178 Å². The third-order valence-electron chi connectivity index (χ3n) is 4.79. The van der Waals surface area contributed by atoms with E-state index in [4.69, 9.17) is 0 Å². The molecule has 1 amide bonds. The zero-order chi connectivity index (χ0) is 21.4. The second-order valence-corrected chi connectivity index (χ2v) is 8.88. The molecule has 0 radical (unpaired) electrons. The Balaban J connectivity index is 1.73. The van der Waals surface area contributed by atoms with Crippen molar-refractivity contribution in [3.05, 3.63) is 96.1 Å². The summed E-state index contributed by atoms with van der Waals surface area (Å²) in [7, 11) is -3.71. The molecular weight excluding hydrogens is 396 g/mol. The number of carbonyl (C=O) groups is 1. The number of anilines is 1. The summed E-state index contributed by atoms with van der Waals surface area (Å²) in [4.78, 5) is 11.3. The van der Waals surface area contributed by atoms with Gasteiger partial charge < -0.3 is 5.32 Å². The van der Waals surface area contributed by atoms with Crippen LogP contribution in [0.25, 0.3) is 0 Å². The fourth-order valence-corrected chi connectivity index (χ4v) is 4.57. The van der Waals surface area contributed by atoms with Crippen LogP contribution in [0.4, 0.5) is 5.69 Å². The van der Waals surface area contributed by atoms with Gasteiger partial charge in [-0.2, -0.15) is 0 Å². The molecule has 1 atom stereocenters. The Kier molecular flexibility index (Phi) is 7.38. The number of nitrogens with one attached hydrogen (secondary N) is 2. The first-order valence-electron chi connectivity index (χ1n) is 9.93. The lowest BCUT2D eigenvalue weighted by molar-refractivity contribution is -0.114. The van der Waals surface area contributed by atoms with Crippen molar-refractivity contribution in [3.63, 3.8) is 0 Å². The Bertz CT molecular complexity index is 1050. The number of amides is 1. The van der Waals surface area contributed by atoms with Gasteiger partial charge in [-0.1, -0.05) is 60.7 Å². The molecule has 156 valence electrons. The smallest absolute Gasteiger partial charge is 0.241 e. The van der Waals surface area contributed by atoms with Crippen molar-refractivity contribution >= 4 is 21.6 Å². The van der Waals surface area contributed by atoms with Crippen LogP contribution in [0, 0.1) is 0 Å². The normalized spacial score (nSPS) is 12.3. The van der Waals surface area contributed by atoms with E-state index in [9.17, 15) is 13.2 Å². The van der Waals surface area contributed by atoms with E-state index in [0.717, 1.165) is 18.4 Å². The summed E-state index contributed by atoms with van der Waals surface area (Å²) < 4.78 is 28.8. The molecule has 2 N–H and O–H groups in total. The quantitative estimate of drug-likeness (QED) is 0.525. The molecule has 0 bridgehead atoms. The van der Waals surface area contributed by atoms with Crippen LogP contribution in [-0.2, 0) is 21.2 Å². The van der Waals surface area contributed by atoms with Crippen LogP contribution in [0.1, 0.15) is 36.9 Å². The summed E-state index contributed by atoms with van der Waals surface area (Å²) in [6.07, 6.45) is 2.42. The van der Waals surface area contributed by atoms with Gasteiger partial charge in [-0.05, 0) is 54.7 Å². The molecule has 5 nitrogen and oxygen atoms in total. The lowest BCUT2D eigenvalue weighted by Gasteiger charge is -2.19. The molecule has 3 aromatic carbocycles. The minimum Gasteiger partial charge on any atom is -0.326 e. The summed E-state index contributed by atoms with van der Waals surface area (Å²) in [6, 6.07) is 25.6. The fourth-order valence-electron chi connectivity index (χ4n) is 3.31. The van der Waals surface area contributed by atoms with E-state index in [1.54, 1.807) is 12.1 Å². The van der Waals surface area contributed by atoms with Crippen molar-refractivity contribution in [3.8, 4) is 0 Å². The van der Waals surface area contributed by atoms with Gasteiger partial charge in [0.25, 0.3) is 0 Å². The Hall–Kier alpha value is -2.96. The molecule has 0 aromatic heterocycles. The molecule has 0 aliphatic carbocycles. The summed E-state index contributed by atoms with van der Waals surface area (Å²) in [6.45, 7) is 1.41. The first-order chi connectivity index (χ1) is 14.4. The summed E-state index contributed by atoms with van der Waals surface area (Å²) in [5.41, 5.74) is 2.73. The van der Waals surface area contributed by atoms with E-state index in [1.807, 2.05) is 48.5 Å². The highest BCUT2D eigenvalue weighted by molar-refractivity contribution is 7.89. The van der Waals surface area contributed by atoms with Crippen LogP contribution in [-0.4, -0.2) is 14.3 Å². The maximum atomic E-state index is 13.0. The molecule has 3 rings (SSSR count). The third kappa shape index (κ3) is 6.27. The highest BCUT2D eigenvalue weighted by Crippen LogP contribution is 2.23. The van der Waals surface area contributed by atoms with Crippen molar-refractivity contribution < 1.29 is 13.2 Å². The lowest BCUT2D eigenvalue weighted by atomic mass is 10.00. The van der Waals surface area contributed by atoms with Crippen molar-refractivity contribution in [1.82, 2.24) is 4.72 Å². The molecular formula is C24H26N2O3S. The van der Waals surface area contributed by atoms with Gasteiger partial charge in [-0.3, -0.25) is 4.79 Å². The van der Waals surface area contributed by atoms with E-state index in [1.165, 1.54) is 24.6 Å². The van der Waals surface area contributed by atoms with Crippen LogP contribution in [0.5, 0.6) is 0 Å². The van der Waals surface area contributed by atoms with Crippen molar-refractivity contribution in [2.75, 3.05) is 5.32 Å². The van der Waals surface area contributed by atoms with Gasteiger partial charge in [-0.25, -0.2) is 13.1 Å². The van der Waals surface area contributed by atoms with Gasteiger partial charge in [0.05, 0.1) is 4.90 Å². The average molecular weight is 423 g/mol. The molecule has 6 heteroatoms. The number of sulfonamides is 1. The molecule has 0 saturated heterocycles. The average Bonchev–Trinajstić information content (AvgIpc) is 2.74.